The summed E-state index contributed by atoms with van der Waals surface area (Å²) in [5.74, 6) is 0.255. The summed E-state index contributed by atoms with van der Waals surface area (Å²) in [5.41, 5.74) is -0.421. The normalized spacial score (nSPS) is 11.8. The largest absolute Gasteiger partial charge is 0.395 e. The van der Waals surface area contributed by atoms with Crippen molar-refractivity contribution in [1.82, 2.24) is 14.8 Å². The van der Waals surface area contributed by atoms with E-state index in [0.717, 1.165) is 0 Å². The standard InChI is InChI=1S/C14H18FN3O2/c1-2-18-13(16-10-17-18)7-14(8-19,9-20)11-4-3-5-12(15)6-11/h3-6,10,19-20H,2,7-9H2,1H3. The lowest BCUT2D eigenvalue weighted by Gasteiger charge is -2.30. The molecule has 0 fully saturated rings. The molecule has 0 unspecified atom stereocenters. The number of nitrogens with zero attached hydrogens (tertiary/aromatic N) is 3. The maximum atomic E-state index is 13.4. The van der Waals surface area contributed by atoms with Gasteiger partial charge in [-0.05, 0) is 24.6 Å². The van der Waals surface area contributed by atoms with Crippen LogP contribution in [0.2, 0.25) is 0 Å². The highest BCUT2D eigenvalue weighted by molar-refractivity contribution is 5.28. The van der Waals surface area contributed by atoms with Gasteiger partial charge in [0, 0.05) is 18.4 Å². The molecule has 0 radical (unpaired) electrons. The molecule has 0 atom stereocenters. The Bertz CT molecular complexity index is 567. The van der Waals surface area contributed by atoms with Crippen LogP contribution in [0, 0.1) is 5.82 Å². The van der Waals surface area contributed by atoms with Crippen LogP contribution >= 0.6 is 0 Å². The third-order valence-electron chi connectivity index (χ3n) is 3.53. The summed E-state index contributed by atoms with van der Waals surface area (Å²) in [5, 5.41) is 23.6. The second-order valence-corrected chi connectivity index (χ2v) is 4.78. The third kappa shape index (κ3) is 2.71. The summed E-state index contributed by atoms with van der Waals surface area (Å²) in [6.45, 7) is 1.97. The van der Waals surface area contributed by atoms with Crippen molar-refractivity contribution in [3.05, 3.63) is 47.8 Å². The van der Waals surface area contributed by atoms with Crippen molar-refractivity contribution in [2.24, 2.45) is 0 Å². The van der Waals surface area contributed by atoms with Crippen molar-refractivity contribution < 1.29 is 14.6 Å². The zero-order chi connectivity index (χ0) is 14.6. The number of aromatic nitrogens is 3. The molecule has 0 saturated carbocycles. The molecule has 108 valence electrons. The Morgan fingerprint density at radius 3 is 2.65 bits per heavy atom. The van der Waals surface area contributed by atoms with Gasteiger partial charge in [0.1, 0.15) is 18.0 Å². The highest BCUT2D eigenvalue weighted by Crippen LogP contribution is 2.28. The Labute approximate surface area is 116 Å². The van der Waals surface area contributed by atoms with Gasteiger partial charge in [0.2, 0.25) is 0 Å². The van der Waals surface area contributed by atoms with E-state index >= 15 is 0 Å². The summed E-state index contributed by atoms with van der Waals surface area (Å²) in [6.07, 6.45) is 1.72. The average molecular weight is 279 g/mol. The van der Waals surface area contributed by atoms with Gasteiger partial charge in [0.25, 0.3) is 0 Å². The monoisotopic (exact) mass is 279 g/mol. The molecule has 2 N–H and O–H groups in total. The smallest absolute Gasteiger partial charge is 0.138 e. The first-order valence-corrected chi connectivity index (χ1v) is 6.49. The second-order valence-electron chi connectivity index (χ2n) is 4.78. The summed E-state index contributed by atoms with van der Waals surface area (Å²) < 4.78 is 15.1. The molecule has 0 spiro atoms. The predicted octanol–water partition coefficient (Wildman–Crippen LogP) is 0.902. The number of halogens is 1. The predicted molar refractivity (Wildman–Crippen MR) is 71.6 cm³/mol. The van der Waals surface area contributed by atoms with Crippen LogP contribution in [0.1, 0.15) is 18.3 Å². The first kappa shape index (κ1) is 14.6. The molecule has 1 aromatic heterocycles. The quantitative estimate of drug-likeness (QED) is 0.824. The molecule has 5 nitrogen and oxygen atoms in total. The van der Waals surface area contributed by atoms with Crippen molar-refractivity contribution in [2.75, 3.05) is 13.2 Å². The highest BCUT2D eigenvalue weighted by Gasteiger charge is 2.33. The molecule has 20 heavy (non-hydrogen) atoms. The van der Waals surface area contributed by atoms with Crippen LogP contribution in [0.5, 0.6) is 0 Å². The molecule has 0 bridgehead atoms. The number of rotatable bonds is 6. The van der Waals surface area contributed by atoms with E-state index in [-0.39, 0.29) is 19.6 Å². The molecular weight excluding hydrogens is 261 g/mol. The number of aliphatic hydroxyl groups is 2. The number of hydrogen-bond acceptors (Lipinski definition) is 4. The van der Waals surface area contributed by atoms with Crippen LogP contribution in [0.25, 0.3) is 0 Å². The maximum absolute atomic E-state index is 13.4. The summed E-state index contributed by atoms with van der Waals surface area (Å²) in [7, 11) is 0. The van der Waals surface area contributed by atoms with Crippen molar-refractivity contribution in [1.29, 1.82) is 0 Å². The first-order chi connectivity index (χ1) is 9.65. The van der Waals surface area contributed by atoms with E-state index in [1.807, 2.05) is 6.92 Å². The summed E-state index contributed by atoms with van der Waals surface area (Å²) >= 11 is 0. The molecule has 0 saturated heterocycles. The fraction of sp³-hybridized carbons (Fsp3) is 0.429. The zero-order valence-electron chi connectivity index (χ0n) is 11.3. The molecule has 2 rings (SSSR count). The molecule has 6 heteroatoms. The van der Waals surface area contributed by atoms with E-state index in [1.54, 1.807) is 16.8 Å². The SMILES string of the molecule is CCn1ncnc1CC(CO)(CO)c1cccc(F)c1. The van der Waals surface area contributed by atoms with Gasteiger partial charge in [-0.15, -0.1) is 0 Å². The van der Waals surface area contributed by atoms with Gasteiger partial charge in [-0.25, -0.2) is 9.37 Å². The zero-order valence-corrected chi connectivity index (χ0v) is 11.3. The minimum Gasteiger partial charge on any atom is -0.395 e. The number of hydrogen-bond donors (Lipinski definition) is 2. The van der Waals surface area contributed by atoms with Gasteiger partial charge in [0.15, 0.2) is 0 Å². The van der Waals surface area contributed by atoms with Crippen LogP contribution < -0.4 is 0 Å². The Morgan fingerprint density at radius 2 is 2.05 bits per heavy atom. The number of aryl methyl sites for hydroxylation is 1. The van der Waals surface area contributed by atoms with E-state index in [9.17, 15) is 14.6 Å². The van der Waals surface area contributed by atoms with Crippen molar-refractivity contribution in [2.45, 2.75) is 25.3 Å². The molecular formula is C14H18FN3O2. The van der Waals surface area contributed by atoms with Crippen LogP contribution in [0.4, 0.5) is 4.39 Å². The molecule has 0 aliphatic rings. The number of aliphatic hydroxyl groups excluding tert-OH is 2. The van der Waals surface area contributed by atoms with Crippen molar-refractivity contribution >= 4 is 0 Å². The van der Waals surface area contributed by atoms with Gasteiger partial charge >= 0.3 is 0 Å². The molecule has 1 heterocycles. The topological polar surface area (TPSA) is 71.2 Å². The molecule has 0 aliphatic heterocycles. The van der Waals surface area contributed by atoms with Crippen LogP contribution in [0.15, 0.2) is 30.6 Å². The Kier molecular flexibility index (Phi) is 4.46. The van der Waals surface area contributed by atoms with Crippen LogP contribution in [-0.2, 0) is 18.4 Å². The lowest BCUT2D eigenvalue weighted by molar-refractivity contribution is 0.113. The van der Waals surface area contributed by atoms with Gasteiger partial charge in [-0.2, -0.15) is 5.10 Å². The van der Waals surface area contributed by atoms with Crippen molar-refractivity contribution in [3.63, 3.8) is 0 Å². The Hall–Kier alpha value is -1.79. The van der Waals surface area contributed by atoms with E-state index in [4.69, 9.17) is 0 Å². The Morgan fingerprint density at radius 1 is 1.30 bits per heavy atom. The summed E-state index contributed by atoms with van der Waals surface area (Å²) in [6, 6.07) is 5.92. The molecule has 0 amide bonds. The van der Waals surface area contributed by atoms with E-state index in [0.29, 0.717) is 17.9 Å². The molecule has 0 aliphatic carbocycles. The van der Waals surface area contributed by atoms with Gasteiger partial charge in [-0.1, -0.05) is 12.1 Å². The molecule has 1 aromatic carbocycles. The summed E-state index contributed by atoms with van der Waals surface area (Å²) in [4.78, 5) is 4.15. The van der Waals surface area contributed by atoms with Gasteiger partial charge in [0.05, 0.1) is 13.2 Å². The minimum absolute atomic E-state index is 0.289. The van der Waals surface area contributed by atoms with Gasteiger partial charge in [-0.3, -0.25) is 4.68 Å². The van der Waals surface area contributed by atoms with Crippen LogP contribution in [0.3, 0.4) is 0 Å². The Balaban J connectivity index is 2.39. The van der Waals surface area contributed by atoms with Gasteiger partial charge < -0.3 is 10.2 Å². The van der Waals surface area contributed by atoms with E-state index in [1.165, 1.54) is 18.5 Å². The average Bonchev–Trinajstić information content (AvgIpc) is 2.92. The highest BCUT2D eigenvalue weighted by atomic mass is 19.1. The fourth-order valence-corrected chi connectivity index (χ4v) is 2.26. The van der Waals surface area contributed by atoms with Crippen molar-refractivity contribution in [3.8, 4) is 0 Å². The third-order valence-corrected chi connectivity index (χ3v) is 3.53. The van der Waals surface area contributed by atoms with E-state index < -0.39 is 11.2 Å². The fourth-order valence-electron chi connectivity index (χ4n) is 2.26. The number of benzene rings is 1. The van der Waals surface area contributed by atoms with Crippen LogP contribution in [-0.4, -0.2) is 38.2 Å². The molecule has 2 aromatic rings. The lowest BCUT2D eigenvalue weighted by Crippen LogP contribution is -2.38. The minimum atomic E-state index is -0.970. The lowest BCUT2D eigenvalue weighted by atomic mass is 9.78. The maximum Gasteiger partial charge on any atom is 0.138 e. The first-order valence-electron chi connectivity index (χ1n) is 6.49. The van der Waals surface area contributed by atoms with E-state index in [2.05, 4.69) is 10.1 Å². The second kappa shape index (κ2) is 6.11.